The first-order valence-electron chi connectivity index (χ1n) is 6.45. The van der Waals surface area contributed by atoms with Crippen molar-refractivity contribution in [3.8, 4) is 0 Å². The normalized spacial score (nSPS) is 16.1. The maximum atomic E-state index is 12.1. The first kappa shape index (κ1) is 13.5. The first-order valence-corrected chi connectivity index (χ1v) is 6.45. The molecule has 1 fully saturated rings. The minimum atomic E-state index is -0.0395. The molecular weight excluding hydrogens is 242 g/mol. The first-order chi connectivity index (χ1) is 9.13. The molecule has 2 N–H and O–H groups in total. The molecule has 0 bridgehead atoms. The van der Waals surface area contributed by atoms with Gasteiger partial charge in [0.25, 0.3) is 0 Å². The second-order valence-electron chi connectivity index (χ2n) is 4.75. The van der Waals surface area contributed by atoms with Crippen LogP contribution in [0.1, 0.15) is 12.0 Å². The summed E-state index contributed by atoms with van der Waals surface area (Å²) in [6, 6.07) is 7.71. The number of amides is 2. The second-order valence-corrected chi connectivity index (χ2v) is 4.75. The molecule has 0 atom stereocenters. The summed E-state index contributed by atoms with van der Waals surface area (Å²) in [5.74, 6) is -0.0736. The van der Waals surface area contributed by atoms with Crippen LogP contribution < -0.4 is 10.6 Å². The van der Waals surface area contributed by atoms with E-state index < -0.39 is 0 Å². The maximum absolute atomic E-state index is 12.1. The van der Waals surface area contributed by atoms with Crippen molar-refractivity contribution in [1.29, 1.82) is 0 Å². The average molecular weight is 261 g/mol. The van der Waals surface area contributed by atoms with E-state index in [4.69, 9.17) is 5.73 Å². The van der Waals surface area contributed by atoms with Crippen LogP contribution in [-0.4, -0.2) is 43.4 Å². The van der Waals surface area contributed by atoms with Gasteiger partial charge in [-0.15, -0.1) is 0 Å². The largest absolute Gasteiger partial charge is 0.335 e. The van der Waals surface area contributed by atoms with Crippen molar-refractivity contribution >= 4 is 17.5 Å². The number of rotatable bonds is 4. The van der Waals surface area contributed by atoms with Gasteiger partial charge in [-0.05, 0) is 31.0 Å². The van der Waals surface area contributed by atoms with E-state index in [9.17, 15) is 9.59 Å². The summed E-state index contributed by atoms with van der Waals surface area (Å²) in [6.07, 6.45) is 1.69. The van der Waals surface area contributed by atoms with E-state index in [0.29, 0.717) is 6.54 Å². The van der Waals surface area contributed by atoms with Crippen molar-refractivity contribution in [3.63, 3.8) is 0 Å². The van der Waals surface area contributed by atoms with Gasteiger partial charge >= 0.3 is 0 Å². The van der Waals surface area contributed by atoms with Crippen LogP contribution in [-0.2, 0) is 16.0 Å². The number of carbonyl (C=O) groups is 2. The van der Waals surface area contributed by atoms with E-state index >= 15 is 0 Å². The predicted octanol–water partition coefficient (Wildman–Crippen LogP) is 0.383. The molecule has 5 heteroatoms. The lowest BCUT2D eigenvalue weighted by Gasteiger charge is -2.32. The van der Waals surface area contributed by atoms with Crippen molar-refractivity contribution in [2.45, 2.75) is 12.8 Å². The van der Waals surface area contributed by atoms with E-state index in [1.165, 1.54) is 4.90 Å². The van der Waals surface area contributed by atoms with Crippen LogP contribution in [0.3, 0.4) is 0 Å². The minimum Gasteiger partial charge on any atom is -0.335 e. The number of piperazine rings is 1. The number of nitrogens with two attached hydrogens (primary N) is 1. The number of aryl methyl sites for hydroxylation is 1. The molecule has 2 rings (SSSR count). The van der Waals surface area contributed by atoms with Gasteiger partial charge in [0.1, 0.15) is 6.54 Å². The number of likely N-dealkylation sites (N-methyl/N-ethyl adjacent to an activating group) is 1. The predicted molar refractivity (Wildman–Crippen MR) is 73.8 cm³/mol. The zero-order chi connectivity index (χ0) is 13.8. The second kappa shape index (κ2) is 5.84. The summed E-state index contributed by atoms with van der Waals surface area (Å²) >= 11 is 0. The van der Waals surface area contributed by atoms with Crippen LogP contribution in [0.15, 0.2) is 24.3 Å². The maximum Gasteiger partial charge on any atom is 0.247 e. The number of nitrogens with zero attached hydrogens (tertiary/aromatic N) is 2. The molecule has 2 amide bonds. The number of hydrogen-bond acceptors (Lipinski definition) is 3. The Labute approximate surface area is 113 Å². The van der Waals surface area contributed by atoms with E-state index in [2.05, 4.69) is 0 Å². The van der Waals surface area contributed by atoms with Crippen molar-refractivity contribution in [3.05, 3.63) is 29.8 Å². The molecule has 1 aromatic carbocycles. The third-order valence-electron chi connectivity index (χ3n) is 3.33. The van der Waals surface area contributed by atoms with E-state index in [1.54, 1.807) is 11.9 Å². The van der Waals surface area contributed by atoms with E-state index in [-0.39, 0.29) is 24.9 Å². The van der Waals surface area contributed by atoms with Crippen molar-refractivity contribution < 1.29 is 9.59 Å². The van der Waals surface area contributed by atoms with Crippen LogP contribution in [0.4, 0.5) is 5.69 Å². The Hall–Kier alpha value is -1.88. The van der Waals surface area contributed by atoms with Gasteiger partial charge in [-0.3, -0.25) is 9.59 Å². The molecule has 1 aromatic rings. The minimum absolute atomic E-state index is 0.0340. The molecule has 1 aliphatic rings. The Balaban J connectivity index is 2.25. The summed E-state index contributed by atoms with van der Waals surface area (Å²) in [4.78, 5) is 26.9. The summed E-state index contributed by atoms with van der Waals surface area (Å²) in [7, 11) is 1.65. The summed E-state index contributed by atoms with van der Waals surface area (Å²) in [5.41, 5.74) is 7.43. The van der Waals surface area contributed by atoms with Gasteiger partial charge in [0, 0.05) is 12.7 Å². The molecule has 0 aliphatic carbocycles. The van der Waals surface area contributed by atoms with Crippen molar-refractivity contribution in [2.24, 2.45) is 5.73 Å². The molecular formula is C14H19N3O2. The van der Waals surface area contributed by atoms with Gasteiger partial charge in [0.2, 0.25) is 11.8 Å². The van der Waals surface area contributed by atoms with Gasteiger partial charge in [0.05, 0.1) is 6.54 Å². The van der Waals surface area contributed by atoms with E-state index in [1.807, 2.05) is 24.3 Å². The molecule has 0 aromatic heterocycles. The zero-order valence-electron chi connectivity index (χ0n) is 11.1. The van der Waals surface area contributed by atoms with Crippen LogP contribution in [0.25, 0.3) is 0 Å². The molecule has 5 nitrogen and oxygen atoms in total. The third-order valence-corrected chi connectivity index (χ3v) is 3.33. The van der Waals surface area contributed by atoms with Gasteiger partial charge < -0.3 is 15.5 Å². The molecule has 19 heavy (non-hydrogen) atoms. The monoisotopic (exact) mass is 261 g/mol. The summed E-state index contributed by atoms with van der Waals surface area (Å²) < 4.78 is 0. The number of anilines is 1. The Bertz CT molecular complexity index is 487. The quantitative estimate of drug-likeness (QED) is 0.852. The Morgan fingerprint density at radius 2 is 1.89 bits per heavy atom. The fraction of sp³-hybridized carbons (Fsp3) is 0.429. The number of carbonyl (C=O) groups excluding carboxylic acids is 2. The molecule has 0 radical (unpaired) electrons. The number of para-hydroxylation sites is 1. The zero-order valence-corrected chi connectivity index (χ0v) is 11.1. The molecule has 0 unspecified atom stereocenters. The highest BCUT2D eigenvalue weighted by molar-refractivity contribution is 6.04. The fourth-order valence-electron chi connectivity index (χ4n) is 2.22. The summed E-state index contributed by atoms with van der Waals surface area (Å²) in [5, 5.41) is 0. The van der Waals surface area contributed by atoms with Gasteiger partial charge in [-0.1, -0.05) is 18.2 Å². The lowest BCUT2D eigenvalue weighted by atomic mass is 10.1. The van der Waals surface area contributed by atoms with Gasteiger partial charge in [-0.25, -0.2) is 0 Å². The number of benzene rings is 1. The SMILES string of the molecule is CN1CC(=O)N(c2ccccc2CCCN)CC1=O. The summed E-state index contributed by atoms with van der Waals surface area (Å²) in [6.45, 7) is 0.878. The van der Waals surface area contributed by atoms with Crippen LogP contribution in [0.2, 0.25) is 0 Å². The Kier molecular flexibility index (Phi) is 4.16. The highest BCUT2D eigenvalue weighted by atomic mass is 16.2. The van der Waals surface area contributed by atoms with Gasteiger partial charge in [-0.2, -0.15) is 0 Å². The molecule has 102 valence electrons. The lowest BCUT2D eigenvalue weighted by molar-refractivity contribution is -0.136. The smallest absolute Gasteiger partial charge is 0.247 e. The Morgan fingerprint density at radius 1 is 1.16 bits per heavy atom. The average Bonchev–Trinajstić information content (AvgIpc) is 2.41. The van der Waals surface area contributed by atoms with E-state index in [0.717, 1.165) is 24.1 Å². The lowest BCUT2D eigenvalue weighted by Crippen LogP contribution is -2.52. The van der Waals surface area contributed by atoms with Crippen LogP contribution in [0, 0.1) is 0 Å². The molecule has 1 saturated heterocycles. The molecule has 1 heterocycles. The van der Waals surface area contributed by atoms with Crippen LogP contribution in [0.5, 0.6) is 0 Å². The van der Waals surface area contributed by atoms with Crippen LogP contribution >= 0.6 is 0 Å². The molecule has 1 aliphatic heterocycles. The Morgan fingerprint density at radius 3 is 2.63 bits per heavy atom. The van der Waals surface area contributed by atoms with Gasteiger partial charge in [0.15, 0.2) is 0 Å². The number of hydrogen-bond donors (Lipinski definition) is 1. The third kappa shape index (κ3) is 2.93. The highest BCUT2D eigenvalue weighted by Crippen LogP contribution is 2.23. The topological polar surface area (TPSA) is 66.6 Å². The standard InChI is InChI=1S/C14H19N3O2/c1-16-9-14(19)17(10-13(16)18)12-7-3-2-5-11(12)6-4-8-15/h2-3,5,7H,4,6,8-10,15H2,1H3. The molecule has 0 spiro atoms. The van der Waals surface area contributed by atoms with Crippen molar-refractivity contribution in [1.82, 2.24) is 4.90 Å². The molecule has 0 saturated carbocycles. The fourth-order valence-corrected chi connectivity index (χ4v) is 2.22. The van der Waals surface area contributed by atoms with Crippen molar-refractivity contribution in [2.75, 3.05) is 31.6 Å². The highest BCUT2D eigenvalue weighted by Gasteiger charge is 2.29.